The number of benzene rings is 1. The number of hydrogen-bond donors (Lipinski definition) is 2. The zero-order chi connectivity index (χ0) is 18.0. The molecule has 2 aromatic rings. The van der Waals surface area contributed by atoms with Crippen LogP contribution in [0.5, 0.6) is 0 Å². The number of hydrogen-bond acceptors (Lipinski definition) is 3. The number of fused-ring (bicyclic) bond motifs is 1. The molecule has 25 heavy (non-hydrogen) atoms. The fourth-order valence-corrected chi connectivity index (χ4v) is 3.81. The lowest BCUT2D eigenvalue weighted by atomic mass is 9.82. The van der Waals surface area contributed by atoms with Crippen LogP contribution in [0.1, 0.15) is 56.6 Å². The third-order valence-electron chi connectivity index (χ3n) is 5.53. The summed E-state index contributed by atoms with van der Waals surface area (Å²) in [7, 11) is 0. The highest BCUT2D eigenvalue weighted by Crippen LogP contribution is 2.31. The monoisotopic (exact) mass is 363 g/mol. The Labute approximate surface area is 153 Å². The molecule has 2 heterocycles. The molecule has 0 atom stereocenters. The number of likely N-dealkylation sites (tertiary alicyclic amines) is 1. The van der Waals surface area contributed by atoms with Crippen LogP contribution < -0.4 is 0 Å². The molecule has 3 rings (SSSR count). The summed E-state index contributed by atoms with van der Waals surface area (Å²) in [6.07, 6.45) is 4.25. The van der Waals surface area contributed by atoms with Gasteiger partial charge in [0.05, 0.1) is 16.6 Å². The molecule has 1 aliphatic heterocycles. The Morgan fingerprint density at radius 1 is 1.36 bits per heavy atom. The summed E-state index contributed by atoms with van der Waals surface area (Å²) in [6, 6.07) is 5.38. The molecule has 136 valence electrons. The van der Waals surface area contributed by atoms with Crippen molar-refractivity contribution in [2.45, 2.75) is 51.6 Å². The molecule has 1 fully saturated rings. The number of H-pyrrole nitrogens is 1. The summed E-state index contributed by atoms with van der Waals surface area (Å²) in [6.45, 7) is 5.50. The van der Waals surface area contributed by atoms with E-state index in [0.29, 0.717) is 35.4 Å². The molecule has 1 aromatic carbocycles. The second-order valence-corrected chi connectivity index (χ2v) is 7.55. The van der Waals surface area contributed by atoms with E-state index < -0.39 is 5.60 Å². The van der Waals surface area contributed by atoms with Gasteiger partial charge in [0.1, 0.15) is 0 Å². The van der Waals surface area contributed by atoms with Crippen molar-refractivity contribution >= 4 is 28.5 Å². The van der Waals surface area contributed by atoms with Crippen molar-refractivity contribution in [3.8, 4) is 0 Å². The largest absolute Gasteiger partial charge is 0.390 e. The Morgan fingerprint density at radius 3 is 2.68 bits per heavy atom. The molecule has 5 nitrogen and oxygen atoms in total. The third kappa shape index (κ3) is 3.98. The first-order chi connectivity index (χ1) is 11.9. The predicted molar refractivity (Wildman–Crippen MR) is 99.9 cm³/mol. The van der Waals surface area contributed by atoms with Crippen LogP contribution in [0.15, 0.2) is 18.2 Å². The topological polar surface area (TPSA) is 69.2 Å². The average Bonchev–Trinajstić information content (AvgIpc) is 3.04. The molecule has 0 saturated carbocycles. The lowest BCUT2D eigenvalue weighted by Crippen LogP contribution is -2.41. The minimum Gasteiger partial charge on any atom is -0.390 e. The van der Waals surface area contributed by atoms with Crippen molar-refractivity contribution < 1.29 is 9.90 Å². The van der Waals surface area contributed by atoms with Gasteiger partial charge in [-0.1, -0.05) is 25.4 Å². The summed E-state index contributed by atoms with van der Waals surface area (Å²) in [5.74, 6) is 0.782. The maximum absolute atomic E-state index is 12.7. The molecule has 0 radical (unpaired) electrons. The summed E-state index contributed by atoms with van der Waals surface area (Å²) in [4.78, 5) is 22.0. The highest BCUT2D eigenvalue weighted by Gasteiger charge is 2.31. The molecule has 0 unspecified atom stereocenters. The van der Waals surface area contributed by atoms with Gasteiger partial charge in [-0.05, 0) is 56.2 Å². The summed E-state index contributed by atoms with van der Waals surface area (Å²) in [5, 5.41) is 11.1. The van der Waals surface area contributed by atoms with Gasteiger partial charge in [-0.25, -0.2) is 4.98 Å². The lowest BCUT2D eigenvalue weighted by Gasteiger charge is -2.36. The number of carbonyl (C=O) groups is 1. The molecule has 1 aliphatic rings. The van der Waals surface area contributed by atoms with Crippen molar-refractivity contribution in [1.29, 1.82) is 0 Å². The molecular weight excluding hydrogens is 338 g/mol. The molecule has 0 aliphatic carbocycles. The highest BCUT2D eigenvalue weighted by atomic mass is 35.5. The Hall–Kier alpha value is -1.59. The number of nitrogens with zero attached hydrogens (tertiary/aromatic N) is 2. The van der Waals surface area contributed by atoms with Gasteiger partial charge in [0.15, 0.2) is 5.82 Å². The lowest BCUT2D eigenvalue weighted by molar-refractivity contribution is -0.00135. The van der Waals surface area contributed by atoms with Gasteiger partial charge in [-0.15, -0.1) is 0 Å². The standard InChI is InChI=1S/C19H26ClN3O2/c1-3-19(25,4-2)12-13-7-9-23(10-8-13)18(24)17-21-15-6-5-14(20)11-16(15)22-17/h5-6,11,13,25H,3-4,7-10,12H2,1-2H3,(H,21,22). The minimum absolute atomic E-state index is 0.0629. The van der Waals surface area contributed by atoms with Crippen LogP contribution in [0.4, 0.5) is 0 Å². The minimum atomic E-state index is -0.561. The number of aromatic amines is 1. The Kier molecular flexibility index (Phi) is 5.35. The maximum Gasteiger partial charge on any atom is 0.289 e. The number of halogens is 1. The van der Waals surface area contributed by atoms with Crippen molar-refractivity contribution in [2.75, 3.05) is 13.1 Å². The van der Waals surface area contributed by atoms with E-state index in [-0.39, 0.29) is 5.91 Å². The smallest absolute Gasteiger partial charge is 0.289 e. The summed E-state index contributed by atoms with van der Waals surface area (Å²) < 4.78 is 0. The van der Waals surface area contributed by atoms with E-state index in [4.69, 9.17) is 11.6 Å². The van der Waals surface area contributed by atoms with E-state index in [1.807, 2.05) is 24.8 Å². The quantitative estimate of drug-likeness (QED) is 0.843. The van der Waals surface area contributed by atoms with Crippen LogP contribution in [0.3, 0.4) is 0 Å². The van der Waals surface area contributed by atoms with Crippen molar-refractivity contribution in [3.05, 3.63) is 29.0 Å². The van der Waals surface area contributed by atoms with Crippen molar-refractivity contribution in [2.24, 2.45) is 5.92 Å². The van der Waals surface area contributed by atoms with Gasteiger partial charge in [-0.2, -0.15) is 0 Å². The first-order valence-electron chi connectivity index (χ1n) is 9.11. The second-order valence-electron chi connectivity index (χ2n) is 7.12. The van der Waals surface area contributed by atoms with Gasteiger partial charge in [0.2, 0.25) is 0 Å². The zero-order valence-electron chi connectivity index (χ0n) is 14.9. The normalized spacial score (nSPS) is 16.6. The second kappa shape index (κ2) is 7.34. The molecule has 0 bridgehead atoms. The number of aliphatic hydroxyl groups is 1. The van der Waals surface area contributed by atoms with Gasteiger partial charge < -0.3 is 15.0 Å². The number of nitrogens with one attached hydrogen (secondary N) is 1. The molecule has 0 spiro atoms. The van der Waals surface area contributed by atoms with Gasteiger partial charge in [0, 0.05) is 18.1 Å². The number of amides is 1. The van der Waals surface area contributed by atoms with E-state index in [9.17, 15) is 9.90 Å². The number of rotatable bonds is 5. The first kappa shape index (κ1) is 18.2. The van der Waals surface area contributed by atoms with Gasteiger partial charge in [0.25, 0.3) is 5.91 Å². The highest BCUT2D eigenvalue weighted by molar-refractivity contribution is 6.31. The average molecular weight is 364 g/mol. The number of carbonyl (C=O) groups excluding carboxylic acids is 1. The fraction of sp³-hybridized carbons (Fsp3) is 0.579. The van der Waals surface area contributed by atoms with Crippen molar-refractivity contribution in [3.63, 3.8) is 0 Å². The van der Waals surface area contributed by atoms with Crippen LogP contribution in [-0.4, -0.2) is 44.6 Å². The molecule has 2 N–H and O–H groups in total. The van der Waals surface area contributed by atoms with E-state index in [1.54, 1.807) is 12.1 Å². The molecule has 1 saturated heterocycles. The van der Waals surface area contributed by atoms with Crippen LogP contribution >= 0.6 is 11.6 Å². The van der Waals surface area contributed by atoms with Gasteiger partial charge >= 0.3 is 0 Å². The molecule has 1 aromatic heterocycles. The number of piperidine rings is 1. The van der Waals surface area contributed by atoms with E-state index in [1.165, 1.54) is 0 Å². The summed E-state index contributed by atoms with van der Waals surface area (Å²) >= 11 is 5.98. The molecular formula is C19H26ClN3O2. The Bertz CT molecular complexity index is 746. The number of imidazole rings is 1. The number of aromatic nitrogens is 2. The van der Waals surface area contributed by atoms with Crippen LogP contribution in [0.2, 0.25) is 5.02 Å². The molecule has 6 heteroatoms. The van der Waals surface area contributed by atoms with E-state index in [0.717, 1.165) is 37.6 Å². The zero-order valence-corrected chi connectivity index (χ0v) is 15.6. The maximum atomic E-state index is 12.7. The first-order valence-corrected chi connectivity index (χ1v) is 9.49. The Balaban J connectivity index is 1.63. The predicted octanol–water partition coefficient (Wildman–Crippen LogP) is 4.01. The van der Waals surface area contributed by atoms with Crippen LogP contribution in [-0.2, 0) is 0 Å². The summed E-state index contributed by atoms with van der Waals surface area (Å²) in [5.41, 5.74) is 0.967. The van der Waals surface area contributed by atoms with E-state index in [2.05, 4.69) is 9.97 Å². The van der Waals surface area contributed by atoms with Crippen LogP contribution in [0, 0.1) is 5.92 Å². The fourth-order valence-electron chi connectivity index (χ4n) is 3.65. The Morgan fingerprint density at radius 2 is 2.04 bits per heavy atom. The third-order valence-corrected chi connectivity index (χ3v) is 5.77. The van der Waals surface area contributed by atoms with E-state index >= 15 is 0 Å². The van der Waals surface area contributed by atoms with Gasteiger partial charge in [-0.3, -0.25) is 4.79 Å². The van der Waals surface area contributed by atoms with Crippen molar-refractivity contribution in [1.82, 2.24) is 14.9 Å². The SMILES string of the molecule is CCC(O)(CC)CC1CCN(C(=O)c2nc3cc(Cl)ccc3[nH]2)CC1. The molecule has 1 amide bonds. The van der Waals surface area contributed by atoms with Crippen LogP contribution in [0.25, 0.3) is 11.0 Å².